The van der Waals surface area contributed by atoms with Gasteiger partial charge in [-0.25, -0.2) is 0 Å². The fourth-order valence-electron chi connectivity index (χ4n) is 0.575. The second kappa shape index (κ2) is 20.8. The molecule has 0 aliphatic carbocycles. The Bertz CT molecular complexity index is 275. The standard InChI is InChI=1S/C6H12O.C4H8O.C3H6O2.C3H6O/c1-5(2)4-6(3)7;1-3-4(2)5;1-3(4)5-2;1-3(2)4/h5H,4H2,1-3H3;3H2,1-2H3;1-2H3;1-2H3. The molecule has 5 nitrogen and oxygen atoms in total. The molecule has 0 aromatic carbocycles. The highest BCUT2D eigenvalue weighted by molar-refractivity contribution is 5.75. The van der Waals surface area contributed by atoms with Crippen molar-refractivity contribution in [1.29, 1.82) is 0 Å². The molecule has 0 N–H and O–H groups in total. The van der Waals surface area contributed by atoms with Gasteiger partial charge in [0.25, 0.3) is 0 Å². The number of carbonyl (C=O) groups excluding carboxylic acids is 4. The lowest BCUT2D eigenvalue weighted by molar-refractivity contribution is -0.138. The number of carbonyl (C=O) groups is 4. The van der Waals surface area contributed by atoms with Crippen LogP contribution < -0.4 is 0 Å². The Hall–Kier alpha value is -1.52. The van der Waals surface area contributed by atoms with Gasteiger partial charge in [0.2, 0.25) is 0 Å². The summed E-state index contributed by atoms with van der Waals surface area (Å²) < 4.78 is 4.11. The first-order valence-corrected chi connectivity index (χ1v) is 6.91. The van der Waals surface area contributed by atoms with E-state index in [4.69, 9.17) is 0 Å². The van der Waals surface area contributed by atoms with Gasteiger partial charge in [0.05, 0.1) is 7.11 Å². The van der Waals surface area contributed by atoms with Crippen LogP contribution in [0.5, 0.6) is 0 Å². The van der Waals surface area contributed by atoms with Crippen molar-refractivity contribution in [3.05, 3.63) is 0 Å². The van der Waals surface area contributed by atoms with Crippen molar-refractivity contribution < 1.29 is 23.9 Å². The average molecular weight is 304 g/mol. The average Bonchev–Trinajstić information content (AvgIpc) is 2.27. The number of hydrogen-bond acceptors (Lipinski definition) is 5. The van der Waals surface area contributed by atoms with Crippen molar-refractivity contribution in [1.82, 2.24) is 0 Å². The van der Waals surface area contributed by atoms with E-state index >= 15 is 0 Å². The van der Waals surface area contributed by atoms with Gasteiger partial charge in [-0.15, -0.1) is 0 Å². The van der Waals surface area contributed by atoms with Crippen molar-refractivity contribution in [2.24, 2.45) is 5.92 Å². The molecule has 0 aliphatic heterocycles. The lowest BCUT2D eigenvalue weighted by Gasteiger charge is -1.95. The summed E-state index contributed by atoms with van der Waals surface area (Å²) in [5, 5.41) is 0. The first-order chi connectivity index (χ1) is 9.40. The Morgan fingerprint density at radius 2 is 1.10 bits per heavy atom. The van der Waals surface area contributed by atoms with E-state index in [1.165, 1.54) is 27.9 Å². The number of methoxy groups -OCH3 is 1. The van der Waals surface area contributed by atoms with E-state index < -0.39 is 0 Å². The monoisotopic (exact) mass is 304 g/mol. The minimum absolute atomic E-state index is 0.167. The molecule has 0 spiro atoms. The molecule has 0 atom stereocenters. The van der Waals surface area contributed by atoms with Crippen molar-refractivity contribution in [3.8, 4) is 0 Å². The molecule has 0 aromatic rings. The van der Waals surface area contributed by atoms with Crippen molar-refractivity contribution in [3.63, 3.8) is 0 Å². The Kier molecular flexibility index (Phi) is 27.5. The van der Waals surface area contributed by atoms with Crippen LogP contribution in [0.25, 0.3) is 0 Å². The lowest BCUT2D eigenvalue weighted by atomic mass is 10.1. The van der Waals surface area contributed by atoms with Gasteiger partial charge in [0.1, 0.15) is 17.3 Å². The van der Waals surface area contributed by atoms with Gasteiger partial charge in [-0.3, -0.25) is 4.79 Å². The third-order valence-electron chi connectivity index (χ3n) is 1.48. The highest BCUT2D eigenvalue weighted by atomic mass is 16.5. The zero-order valence-corrected chi connectivity index (χ0v) is 15.0. The summed E-state index contributed by atoms with van der Waals surface area (Å²) in [7, 11) is 1.35. The summed E-state index contributed by atoms with van der Waals surface area (Å²) in [4.78, 5) is 39.1. The van der Waals surface area contributed by atoms with Gasteiger partial charge in [-0.05, 0) is 33.6 Å². The van der Waals surface area contributed by atoms with E-state index in [2.05, 4.69) is 4.74 Å². The highest BCUT2D eigenvalue weighted by Gasteiger charge is 1.95. The molecule has 0 radical (unpaired) electrons. The third kappa shape index (κ3) is 120. The highest BCUT2D eigenvalue weighted by Crippen LogP contribution is 1.97. The maximum atomic E-state index is 10.3. The van der Waals surface area contributed by atoms with Crippen LogP contribution in [0.4, 0.5) is 0 Å². The van der Waals surface area contributed by atoms with Crippen molar-refractivity contribution >= 4 is 23.3 Å². The van der Waals surface area contributed by atoms with Crippen molar-refractivity contribution in [2.45, 2.75) is 68.2 Å². The second-order valence-corrected chi connectivity index (χ2v) is 4.96. The second-order valence-electron chi connectivity index (χ2n) is 4.96. The molecule has 0 heterocycles. The van der Waals surface area contributed by atoms with Gasteiger partial charge in [-0.2, -0.15) is 0 Å². The zero-order valence-electron chi connectivity index (χ0n) is 15.0. The summed E-state index contributed by atoms with van der Waals surface area (Å²) in [5.74, 6) is 0.988. The van der Waals surface area contributed by atoms with Gasteiger partial charge >= 0.3 is 5.97 Å². The normalized spacial score (nSPS) is 7.90. The Labute approximate surface area is 129 Å². The molecule has 21 heavy (non-hydrogen) atoms. The van der Waals surface area contributed by atoms with Crippen LogP contribution >= 0.6 is 0 Å². The molecule has 126 valence electrons. The number of Topliss-reactive ketones (excluding diaryl/α,β-unsaturated/α-hetero) is 3. The molecule has 0 aromatic heterocycles. The minimum Gasteiger partial charge on any atom is -0.469 e. The number of ether oxygens (including phenoxy) is 1. The van der Waals surface area contributed by atoms with Crippen LogP contribution in [0.15, 0.2) is 0 Å². The maximum Gasteiger partial charge on any atom is 0.302 e. The van der Waals surface area contributed by atoms with E-state index in [0.29, 0.717) is 12.3 Å². The Morgan fingerprint density at radius 1 is 0.857 bits per heavy atom. The lowest BCUT2D eigenvalue weighted by Crippen LogP contribution is -1.95. The molecule has 5 heteroatoms. The largest absolute Gasteiger partial charge is 0.469 e. The fraction of sp³-hybridized carbons (Fsp3) is 0.750. The Balaban J connectivity index is -0.0000000939. The number of ketones is 3. The molecular formula is C16H32O5. The molecule has 0 aliphatic rings. The smallest absolute Gasteiger partial charge is 0.302 e. The number of hydrogen-bond donors (Lipinski definition) is 0. The maximum absolute atomic E-state index is 10.3. The van der Waals surface area contributed by atoms with Crippen molar-refractivity contribution in [2.75, 3.05) is 7.11 Å². The van der Waals surface area contributed by atoms with E-state index in [1.807, 2.05) is 20.8 Å². The fourth-order valence-corrected chi connectivity index (χ4v) is 0.575. The van der Waals surface area contributed by atoms with Crippen LogP contribution in [-0.2, 0) is 23.9 Å². The predicted molar refractivity (Wildman–Crippen MR) is 85.2 cm³/mol. The summed E-state index contributed by atoms with van der Waals surface area (Å²) in [6, 6.07) is 0. The molecule has 0 unspecified atom stereocenters. The number of rotatable bonds is 3. The molecule has 0 rings (SSSR count). The molecule has 0 saturated heterocycles. The molecule has 0 fully saturated rings. The summed E-state index contributed by atoms with van der Waals surface area (Å²) in [6.45, 7) is 13.6. The third-order valence-corrected chi connectivity index (χ3v) is 1.48. The molecule has 0 amide bonds. The predicted octanol–water partition coefficient (Wildman–Crippen LogP) is 3.38. The number of esters is 1. The zero-order chi connectivity index (χ0) is 18.0. The summed E-state index contributed by atoms with van der Waals surface area (Å²) >= 11 is 0. The minimum atomic E-state index is -0.245. The van der Waals surface area contributed by atoms with Gasteiger partial charge < -0.3 is 19.1 Å². The van der Waals surface area contributed by atoms with Gasteiger partial charge in [-0.1, -0.05) is 20.8 Å². The molecule has 0 saturated carbocycles. The van der Waals surface area contributed by atoms with E-state index in [9.17, 15) is 19.2 Å². The van der Waals surface area contributed by atoms with E-state index in [0.717, 1.165) is 6.42 Å². The van der Waals surface area contributed by atoms with E-state index in [-0.39, 0.29) is 23.3 Å². The Morgan fingerprint density at radius 3 is 1.10 bits per heavy atom. The van der Waals surface area contributed by atoms with Gasteiger partial charge in [0.15, 0.2) is 0 Å². The molecular weight excluding hydrogens is 272 g/mol. The van der Waals surface area contributed by atoms with Crippen LogP contribution in [0.3, 0.4) is 0 Å². The summed E-state index contributed by atoms with van der Waals surface area (Å²) in [6.07, 6.45) is 1.39. The molecule has 0 bridgehead atoms. The van der Waals surface area contributed by atoms with Crippen LogP contribution in [0.1, 0.15) is 68.2 Å². The van der Waals surface area contributed by atoms with Crippen LogP contribution in [0.2, 0.25) is 0 Å². The topological polar surface area (TPSA) is 77.5 Å². The van der Waals surface area contributed by atoms with Crippen LogP contribution in [-0.4, -0.2) is 30.4 Å². The van der Waals surface area contributed by atoms with E-state index in [1.54, 1.807) is 13.8 Å². The SMILES string of the molecule is CC(=O)CC(C)C.CC(C)=O.CCC(C)=O.COC(C)=O. The summed E-state index contributed by atoms with van der Waals surface area (Å²) in [5.41, 5.74) is 0. The first kappa shape index (κ1) is 27.8. The van der Waals surface area contributed by atoms with Crippen LogP contribution in [0, 0.1) is 5.92 Å². The quantitative estimate of drug-likeness (QED) is 0.747. The first-order valence-electron chi connectivity index (χ1n) is 6.91. The van der Waals surface area contributed by atoms with Gasteiger partial charge in [0, 0.05) is 19.8 Å².